The number of phosphoric ester groups is 1. The number of hydrogen-bond donors (Lipinski definition) is 3. The first-order valence-corrected chi connectivity index (χ1v) is 7.43. The van der Waals surface area contributed by atoms with E-state index in [0.717, 1.165) is 11.1 Å². The summed E-state index contributed by atoms with van der Waals surface area (Å²) in [6.45, 7) is 5.43. The van der Waals surface area contributed by atoms with Crippen LogP contribution in [-0.2, 0) is 18.0 Å². The molecule has 0 aromatic carbocycles. The second-order valence-electron chi connectivity index (χ2n) is 3.40. The van der Waals surface area contributed by atoms with Crippen molar-refractivity contribution in [2.45, 2.75) is 27.2 Å². The summed E-state index contributed by atoms with van der Waals surface area (Å²) in [4.78, 5) is 25.5. The average Bonchev–Trinajstić information content (AvgIpc) is 1.98. The van der Waals surface area contributed by atoms with Crippen LogP contribution in [0.4, 0.5) is 0 Å². The van der Waals surface area contributed by atoms with Gasteiger partial charge in [0.15, 0.2) is 0 Å². The minimum atomic E-state index is -5.02. The summed E-state index contributed by atoms with van der Waals surface area (Å²) >= 11 is 0. The van der Waals surface area contributed by atoms with E-state index >= 15 is 0 Å². The standard InChI is InChI=1S/C7H16O7P2/c1-6(2)7(3)4-5-13-16(11,12)14-15(8,9)10/h4-5H2,1-3H3,(H,11,12)(H2,8,9,10). The van der Waals surface area contributed by atoms with Crippen LogP contribution in [0.1, 0.15) is 27.2 Å². The molecule has 0 saturated heterocycles. The maximum absolute atomic E-state index is 11.0. The van der Waals surface area contributed by atoms with Crippen molar-refractivity contribution in [1.29, 1.82) is 0 Å². The van der Waals surface area contributed by atoms with E-state index in [4.69, 9.17) is 14.7 Å². The molecule has 0 aliphatic heterocycles. The van der Waals surface area contributed by atoms with E-state index in [1.165, 1.54) is 0 Å². The molecule has 0 aliphatic rings. The lowest BCUT2D eigenvalue weighted by molar-refractivity contribution is 0.180. The van der Waals surface area contributed by atoms with Crippen molar-refractivity contribution in [3.8, 4) is 0 Å². The zero-order valence-corrected chi connectivity index (χ0v) is 11.1. The lowest BCUT2D eigenvalue weighted by Crippen LogP contribution is -1.97. The van der Waals surface area contributed by atoms with Crippen LogP contribution in [0, 0.1) is 0 Å². The van der Waals surface area contributed by atoms with Crippen molar-refractivity contribution in [1.82, 2.24) is 0 Å². The first-order valence-electron chi connectivity index (χ1n) is 4.41. The molecule has 1 unspecified atom stereocenters. The molecule has 0 saturated carbocycles. The Morgan fingerprint density at radius 2 is 1.62 bits per heavy atom. The smallest absolute Gasteiger partial charge is 0.302 e. The Balaban J connectivity index is 4.17. The zero-order valence-electron chi connectivity index (χ0n) is 9.28. The quantitative estimate of drug-likeness (QED) is 0.501. The topological polar surface area (TPSA) is 113 Å². The highest BCUT2D eigenvalue weighted by atomic mass is 31.3. The third-order valence-electron chi connectivity index (χ3n) is 1.79. The molecule has 0 aliphatic carbocycles. The molecule has 0 rings (SSSR count). The van der Waals surface area contributed by atoms with Crippen molar-refractivity contribution < 1.29 is 32.6 Å². The van der Waals surface area contributed by atoms with Gasteiger partial charge in [-0.2, -0.15) is 4.31 Å². The van der Waals surface area contributed by atoms with Gasteiger partial charge in [0.25, 0.3) is 0 Å². The van der Waals surface area contributed by atoms with Crippen molar-refractivity contribution in [2.75, 3.05) is 6.61 Å². The molecule has 0 aromatic rings. The van der Waals surface area contributed by atoms with E-state index in [2.05, 4.69) is 8.83 Å². The molecule has 9 heteroatoms. The maximum Gasteiger partial charge on any atom is 0.481 e. The fraction of sp³-hybridized carbons (Fsp3) is 0.714. The van der Waals surface area contributed by atoms with Crippen molar-refractivity contribution in [3.63, 3.8) is 0 Å². The molecule has 0 amide bonds. The van der Waals surface area contributed by atoms with Crippen LogP contribution >= 0.6 is 15.6 Å². The van der Waals surface area contributed by atoms with E-state index in [1.54, 1.807) is 0 Å². The van der Waals surface area contributed by atoms with E-state index in [0.29, 0.717) is 6.42 Å². The van der Waals surface area contributed by atoms with Gasteiger partial charge in [-0.15, -0.1) is 0 Å². The normalized spacial score (nSPS) is 15.6. The summed E-state index contributed by atoms with van der Waals surface area (Å²) in [6, 6.07) is 0. The SMILES string of the molecule is CC(C)=C(C)CCOP(=O)(O)OP(=O)(O)O. The Bertz CT molecular complexity index is 352. The zero-order chi connectivity index (χ0) is 13.0. The predicted molar refractivity (Wildman–Crippen MR) is 57.6 cm³/mol. The molecule has 96 valence electrons. The van der Waals surface area contributed by atoms with Gasteiger partial charge in [-0.05, 0) is 27.2 Å². The third-order valence-corrected chi connectivity index (χ3v) is 3.98. The van der Waals surface area contributed by atoms with Gasteiger partial charge in [-0.25, -0.2) is 9.13 Å². The summed E-state index contributed by atoms with van der Waals surface area (Å²) in [5.41, 5.74) is 2.02. The Morgan fingerprint density at radius 1 is 1.12 bits per heavy atom. The van der Waals surface area contributed by atoms with Crippen molar-refractivity contribution in [3.05, 3.63) is 11.1 Å². The monoisotopic (exact) mass is 274 g/mol. The van der Waals surface area contributed by atoms with E-state index in [1.807, 2.05) is 20.8 Å². The van der Waals surface area contributed by atoms with Crippen LogP contribution < -0.4 is 0 Å². The van der Waals surface area contributed by atoms with E-state index in [9.17, 15) is 9.13 Å². The molecule has 1 atom stereocenters. The van der Waals surface area contributed by atoms with Gasteiger partial charge in [-0.1, -0.05) is 11.1 Å². The van der Waals surface area contributed by atoms with E-state index in [-0.39, 0.29) is 6.61 Å². The summed E-state index contributed by atoms with van der Waals surface area (Å²) in [5.74, 6) is 0. The minimum Gasteiger partial charge on any atom is -0.302 e. The molecule has 0 heterocycles. The maximum atomic E-state index is 11.0. The third kappa shape index (κ3) is 8.19. The van der Waals surface area contributed by atoms with E-state index < -0.39 is 15.6 Å². The Labute approximate surface area is 93.9 Å². The summed E-state index contributed by atoms with van der Waals surface area (Å²) in [6.07, 6.45) is 0.386. The van der Waals surface area contributed by atoms with Crippen LogP contribution in [0.3, 0.4) is 0 Å². The second kappa shape index (κ2) is 6.07. The van der Waals surface area contributed by atoms with Crippen molar-refractivity contribution >= 4 is 15.6 Å². The molecule has 7 nitrogen and oxygen atoms in total. The Kier molecular flexibility index (Phi) is 6.07. The molecule has 0 bridgehead atoms. The molecule has 0 fully saturated rings. The Hall–Kier alpha value is -0.0000000000000000416. The van der Waals surface area contributed by atoms with Crippen LogP contribution in [0.5, 0.6) is 0 Å². The fourth-order valence-corrected chi connectivity index (χ4v) is 2.31. The highest BCUT2D eigenvalue weighted by molar-refractivity contribution is 7.60. The first-order chi connectivity index (χ1) is 7.03. The highest BCUT2D eigenvalue weighted by Gasteiger charge is 2.31. The van der Waals surface area contributed by atoms with Crippen molar-refractivity contribution in [2.24, 2.45) is 0 Å². The molecule has 0 spiro atoms. The van der Waals surface area contributed by atoms with Gasteiger partial charge in [0.1, 0.15) is 0 Å². The Morgan fingerprint density at radius 3 is 2.00 bits per heavy atom. The molecule has 0 radical (unpaired) electrons. The lowest BCUT2D eigenvalue weighted by Gasteiger charge is -2.12. The lowest BCUT2D eigenvalue weighted by atomic mass is 10.1. The number of hydrogen-bond acceptors (Lipinski definition) is 4. The number of rotatable bonds is 6. The van der Waals surface area contributed by atoms with Gasteiger partial charge in [0.05, 0.1) is 6.61 Å². The molecule has 0 aromatic heterocycles. The van der Waals surface area contributed by atoms with Crippen LogP contribution in [0.15, 0.2) is 11.1 Å². The molecule has 3 N–H and O–H groups in total. The summed E-state index contributed by atoms with van der Waals surface area (Å²) in [5, 5.41) is 0. The van der Waals surface area contributed by atoms with Gasteiger partial charge in [0.2, 0.25) is 0 Å². The van der Waals surface area contributed by atoms with Gasteiger partial charge in [-0.3, -0.25) is 4.52 Å². The molecular weight excluding hydrogens is 258 g/mol. The van der Waals surface area contributed by atoms with Gasteiger partial charge < -0.3 is 14.7 Å². The average molecular weight is 274 g/mol. The number of allylic oxidation sites excluding steroid dienone is 1. The van der Waals surface area contributed by atoms with Gasteiger partial charge >= 0.3 is 15.6 Å². The van der Waals surface area contributed by atoms with Crippen LogP contribution in [0.2, 0.25) is 0 Å². The summed E-state index contributed by atoms with van der Waals surface area (Å²) in [7, 11) is -9.71. The van der Waals surface area contributed by atoms with Crippen LogP contribution in [-0.4, -0.2) is 21.3 Å². The molecular formula is C7H16O7P2. The summed E-state index contributed by atoms with van der Waals surface area (Å²) < 4.78 is 29.3. The highest BCUT2D eigenvalue weighted by Crippen LogP contribution is 2.57. The fourth-order valence-electron chi connectivity index (χ4n) is 0.722. The van der Waals surface area contributed by atoms with Gasteiger partial charge in [0, 0.05) is 0 Å². The second-order valence-corrected chi connectivity index (χ2v) is 6.23. The number of phosphoric acid groups is 2. The minimum absolute atomic E-state index is 0.148. The molecule has 16 heavy (non-hydrogen) atoms. The predicted octanol–water partition coefficient (Wildman–Crippen LogP) is 1.96. The first kappa shape index (κ1) is 16.0. The largest absolute Gasteiger partial charge is 0.481 e. The van der Waals surface area contributed by atoms with Crippen LogP contribution in [0.25, 0.3) is 0 Å².